The van der Waals surface area contributed by atoms with Gasteiger partial charge in [-0.05, 0) is 19.9 Å². The Balaban J connectivity index is 2.42. The van der Waals surface area contributed by atoms with Gasteiger partial charge in [0.05, 0.1) is 11.5 Å². The van der Waals surface area contributed by atoms with Gasteiger partial charge in [0.1, 0.15) is 18.3 Å². The van der Waals surface area contributed by atoms with Crippen LogP contribution in [0, 0.1) is 0 Å². The van der Waals surface area contributed by atoms with E-state index in [-0.39, 0.29) is 6.10 Å². The molecule has 0 aliphatic carbocycles. The van der Waals surface area contributed by atoms with E-state index in [0.29, 0.717) is 5.41 Å². The number of nitrogens with one attached hydrogen (secondary N) is 1. The van der Waals surface area contributed by atoms with Crippen molar-refractivity contribution in [3.63, 3.8) is 0 Å². The van der Waals surface area contributed by atoms with Crippen LogP contribution in [0.25, 0.3) is 0 Å². The van der Waals surface area contributed by atoms with Gasteiger partial charge in [0.15, 0.2) is 6.23 Å². The number of aromatic nitrogens is 2. The van der Waals surface area contributed by atoms with Crippen molar-refractivity contribution in [1.82, 2.24) is 9.55 Å². The molecule has 1 fully saturated rings. The first kappa shape index (κ1) is 19.5. The number of H-pyrrole nitrogens is 1. The number of hydrogen-bond acceptors (Lipinski definition) is 7. The van der Waals surface area contributed by atoms with Crippen LogP contribution in [0.15, 0.2) is 33.3 Å². The predicted octanol–water partition coefficient (Wildman–Crippen LogP) is -0.356. The molecule has 0 radical (unpaired) electrons. The number of methoxy groups -OCH3 is 1. The van der Waals surface area contributed by atoms with Gasteiger partial charge in [-0.25, -0.2) is 4.79 Å². The summed E-state index contributed by atoms with van der Waals surface area (Å²) in [5.41, 5.74) is -1.27. The lowest BCUT2D eigenvalue weighted by Crippen LogP contribution is -2.40. The molecule has 10 nitrogen and oxygen atoms in total. The lowest BCUT2D eigenvalue weighted by Gasteiger charge is -2.24. The molecule has 25 heavy (non-hydrogen) atoms. The minimum Gasteiger partial charge on any atom is -0.374 e. The van der Waals surface area contributed by atoms with E-state index in [1.54, 1.807) is 13.8 Å². The second kappa shape index (κ2) is 7.62. The predicted molar refractivity (Wildman–Crippen MR) is 86.7 cm³/mol. The minimum atomic E-state index is -4.36. The zero-order valence-electron chi connectivity index (χ0n) is 13.9. The highest BCUT2D eigenvalue weighted by Gasteiger charge is 2.46. The summed E-state index contributed by atoms with van der Waals surface area (Å²) in [5, 5.41) is 0.582. The topological polar surface area (TPSA) is 137 Å². The van der Waals surface area contributed by atoms with E-state index in [9.17, 15) is 18.0 Å². The normalized spacial score (nSPS) is 27.4. The summed E-state index contributed by atoms with van der Waals surface area (Å²) in [7, 11) is -2.96. The minimum absolute atomic E-state index is 0.237. The van der Waals surface area contributed by atoms with Crippen molar-refractivity contribution >= 4 is 10.1 Å². The maximum atomic E-state index is 12.0. The van der Waals surface area contributed by atoms with E-state index in [0.717, 1.165) is 16.7 Å². The Labute approximate surface area is 143 Å². The summed E-state index contributed by atoms with van der Waals surface area (Å²) in [4.78, 5) is 25.4. The summed E-state index contributed by atoms with van der Waals surface area (Å²) >= 11 is 0. The highest BCUT2D eigenvalue weighted by molar-refractivity contribution is 7.88. The van der Waals surface area contributed by atoms with E-state index in [2.05, 4.69) is 4.98 Å². The monoisotopic (exact) mass is 376 g/mol. The summed E-state index contributed by atoms with van der Waals surface area (Å²) in [6, 6.07) is 1.15. The van der Waals surface area contributed by atoms with Crippen LogP contribution >= 0.6 is 0 Å². The first-order valence-corrected chi connectivity index (χ1v) is 8.93. The second-order valence-electron chi connectivity index (χ2n) is 5.70. The molecule has 1 aromatic heterocycles. The van der Waals surface area contributed by atoms with Crippen LogP contribution in [0.3, 0.4) is 0 Å². The number of rotatable bonds is 6. The molecule has 0 spiro atoms. The van der Waals surface area contributed by atoms with Crippen molar-refractivity contribution in [2.75, 3.05) is 7.11 Å². The molecule has 1 aromatic rings. The van der Waals surface area contributed by atoms with Crippen LogP contribution in [0.1, 0.15) is 20.1 Å². The summed E-state index contributed by atoms with van der Waals surface area (Å²) in [5.74, 6) is 0. The largest absolute Gasteiger partial charge is 0.374 e. The fraction of sp³-hybridized carbons (Fsp3) is 0.571. The van der Waals surface area contributed by atoms with Crippen LogP contribution < -0.4 is 11.2 Å². The molecule has 4 atom stereocenters. The lowest BCUT2D eigenvalue weighted by molar-refractivity contribution is -0.0768. The van der Waals surface area contributed by atoms with Gasteiger partial charge in [-0.1, -0.05) is 0 Å². The van der Waals surface area contributed by atoms with Crippen molar-refractivity contribution in [1.29, 1.82) is 0 Å². The Morgan fingerprint density at radius 2 is 2.04 bits per heavy atom. The molecule has 0 amide bonds. The van der Waals surface area contributed by atoms with Crippen molar-refractivity contribution in [2.45, 2.75) is 44.5 Å². The Morgan fingerprint density at radius 3 is 2.56 bits per heavy atom. The zero-order chi connectivity index (χ0) is 18.8. The molecule has 0 bridgehead atoms. The van der Waals surface area contributed by atoms with E-state index in [4.69, 9.17) is 18.8 Å². The van der Waals surface area contributed by atoms with Crippen molar-refractivity contribution in [3.8, 4) is 0 Å². The third-order valence-electron chi connectivity index (χ3n) is 3.49. The van der Waals surface area contributed by atoms with Crippen LogP contribution in [-0.2, 0) is 24.3 Å². The van der Waals surface area contributed by atoms with Gasteiger partial charge in [-0.15, -0.1) is 0 Å². The number of nitrogens with zero attached hydrogens (tertiary/aromatic N) is 1. The summed E-state index contributed by atoms with van der Waals surface area (Å²) in [6.07, 6.45) is -1.25. The Kier molecular flexibility index (Phi) is 5.95. The molecule has 0 aromatic carbocycles. The molecule has 0 saturated carbocycles. The van der Waals surface area contributed by atoms with E-state index >= 15 is 0 Å². The summed E-state index contributed by atoms with van der Waals surface area (Å²) < 4.78 is 48.8. The smallest absolute Gasteiger partial charge is 0.330 e. The van der Waals surface area contributed by atoms with Crippen LogP contribution in [0.2, 0.25) is 0 Å². The number of aromatic amines is 1. The Morgan fingerprint density at radius 1 is 1.36 bits per heavy atom. The third-order valence-corrected chi connectivity index (χ3v) is 3.99. The molecule has 2 rings (SSSR count). The number of hydrogen-bond donors (Lipinski definition) is 2. The molecular weight excluding hydrogens is 356 g/mol. The molecule has 1 saturated heterocycles. The van der Waals surface area contributed by atoms with Crippen LogP contribution in [-0.4, -0.2) is 54.0 Å². The van der Waals surface area contributed by atoms with Crippen LogP contribution in [0.4, 0.5) is 0 Å². The molecular formula is C14H20N2O8S. The fourth-order valence-corrected chi connectivity index (χ4v) is 2.92. The van der Waals surface area contributed by atoms with Gasteiger partial charge >= 0.3 is 5.69 Å². The zero-order valence-corrected chi connectivity index (χ0v) is 14.7. The van der Waals surface area contributed by atoms with Gasteiger partial charge in [0, 0.05) is 19.4 Å². The molecule has 2 heterocycles. The SMILES string of the molecule is CO[C@@H]1[C@H](OC(C)C)[C@@H](/C=C/S(=O)(=O)O)O[C@H]1n1ccc(=O)[nH]c1=O. The first-order chi connectivity index (χ1) is 11.6. The van der Waals surface area contributed by atoms with Gasteiger partial charge in [0.2, 0.25) is 0 Å². The Bertz CT molecular complexity index is 841. The highest BCUT2D eigenvalue weighted by Crippen LogP contribution is 2.33. The molecule has 140 valence electrons. The highest BCUT2D eigenvalue weighted by atomic mass is 32.2. The average Bonchev–Trinajstić information content (AvgIpc) is 2.81. The van der Waals surface area contributed by atoms with Crippen LogP contribution in [0.5, 0.6) is 0 Å². The molecule has 2 N–H and O–H groups in total. The average molecular weight is 376 g/mol. The first-order valence-electron chi connectivity index (χ1n) is 7.43. The van der Waals surface area contributed by atoms with Gasteiger partial charge in [0.25, 0.3) is 15.7 Å². The lowest BCUT2D eigenvalue weighted by atomic mass is 10.1. The fourth-order valence-electron chi connectivity index (χ4n) is 2.57. The third kappa shape index (κ3) is 4.86. The standard InChI is InChI=1S/C14H20N2O8S/c1-8(2)23-11-9(5-7-25(19,20)21)24-13(12(11)22-3)16-6-4-10(17)15-14(16)18/h4-9,11-13H,1-3H3,(H,15,17,18)(H,19,20,21)/b7-5+/t9-,11-,12-,13-/m1/s1. The maximum absolute atomic E-state index is 12.0. The second-order valence-corrected chi connectivity index (χ2v) is 7.00. The van der Waals surface area contributed by atoms with Crippen molar-refractivity contribution in [3.05, 3.63) is 44.6 Å². The molecule has 1 aliphatic heterocycles. The maximum Gasteiger partial charge on any atom is 0.330 e. The molecule has 0 unspecified atom stereocenters. The van der Waals surface area contributed by atoms with Crippen molar-refractivity contribution < 1.29 is 27.2 Å². The number of ether oxygens (including phenoxy) is 3. The molecule has 11 heteroatoms. The molecule has 1 aliphatic rings. The van der Waals surface area contributed by atoms with Gasteiger partial charge in [-0.3, -0.25) is 18.9 Å². The van der Waals surface area contributed by atoms with E-state index < -0.39 is 45.9 Å². The van der Waals surface area contributed by atoms with Gasteiger partial charge in [-0.2, -0.15) is 8.42 Å². The van der Waals surface area contributed by atoms with E-state index in [1.165, 1.54) is 13.3 Å². The van der Waals surface area contributed by atoms with E-state index in [1.807, 2.05) is 0 Å². The van der Waals surface area contributed by atoms with Gasteiger partial charge < -0.3 is 14.2 Å². The Hall–Kier alpha value is -1.79. The van der Waals surface area contributed by atoms with Crippen molar-refractivity contribution in [2.24, 2.45) is 0 Å². The quantitative estimate of drug-likeness (QED) is 0.643. The summed E-state index contributed by atoms with van der Waals surface area (Å²) in [6.45, 7) is 3.55.